The molecule has 0 fully saturated rings. The quantitative estimate of drug-likeness (QED) is 0.221. The van der Waals surface area contributed by atoms with Gasteiger partial charge in [0.1, 0.15) is 12.4 Å². The number of fused-ring (bicyclic) bond motifs is 1. The van der Waals surface area contributed by atoms with E-state index in [1.165, 1.54) is 11.3 Å². The van der Waals surface area contributed by atoms with Crippen LogP contribution in [0, 0.1) is 0 Å². The number of nitrogens with zero attached hydrogens (tertiary/aromatic N) is 2. The van der Waals surface area contributed by atoms with Crippen LogP contribution in [-0.4, -0.2) is 30.4 Å². The molecule has 0 radical (unpaired) electrons. The Morgan fingerprint density at radius 1 is 0.884 bits per heavy atom. The Labute approximate surface area is 254 Å². The molecule has 1 unspecified atom stereocenters. The number of thiazole rings is 1. The monoisotopic (exact) mass is 598 g/mol. The molecule has 3 aromatic carbocycles. The number of esters is 1. The average Bonchev–Trinajstić information content (AvgIpc) is 3.31. The van der Waals surface area contributed by atoms with Gasteiger partial charge < -0.3 is 18.9 Å². The van der Waals surface area contributed by atoms with Gasteiger partial charge in [-0.25, -0.2) is 9.79 Å². The number of carbonyl (C=O) groups excluding carboxylic acids is 1. The Bertz CT molecular complexity index is 1820. The van der Waals surface area contributed by atoms with E-state index in [4.69, 9.17) is 18.9 Å². The summed E-state index contributed by atoms with van der Waals surface area (Å²) in [6.07, 6.45) is 1.81. The fraction of sp³-hybridized carbons (Fsp3) is 0.265. The van der Waals surface area contributed by atoms with Crippen LogP contribution in [0.1, 0.15) is 50.4 Å². The molecule has 2 heterocycles. The molecule has 0 bridgehead atoms. The highest BCUT2D eigenvalue weighted by atomic mass is 32.1. The largest absolute Gasteiger partial charge is 0.490 e. The lowest BCUT2D eigenvalue weighted by Gasteiger charge is -2.25. The number of rotatable bonds is 11. The first-order valence-corrected chi connectivity index (χ1v) is 15.1. The minimum Gasteiger partial charge on any atom is -0.490 e. The van der Waals surface area contributed by atoms with Gasteiger partial charge in [-0.1, -0.05) is 65.9 Å². The second kappa shape index (κ2) is 13.6. The van der Waals surface area contributed by atoms with E-state index in [0.717, 1.165) is 11.1 Å². The first-order valence-electron chi connectivity index (χ1n) is 14.3. The molecule has 222 valence electrons. The van der Waals surface area contributed by atoms with Gasteiger partial charge >= 0.3 is 5.97 Å². The zero-order valence-electron chi connectivity index (χ0n) is 24.7. The topological polar surface area (TPSA) is 88.4 Å². The number of para-hydroxylation sites is 1. The predicted molar refractivity (Wildman–Crippen MR) is 166 cm³/mol. The third kappa shape index (κ3) is 6.41. The SMILES string of the molecule is CCOC(=O)C1=C(C)N=c2s/c(=C\c3ccccc3OCc3ccccc3)c(=O)n2C1c1ccc(OCC)c(OCC)c1. The predicted octanol–water partition coefficient (Wildman–Crippen LogP) is 5.17. The number of hydrogen-bond donors (Lipinski definition) is 0. The summed E-state index contributed by atoms with van der Waals surface area (Å²) in [6, 6.07) is 22.2. The van der Waals surface area contributed by atoms with Gasteiger partial charge in [0, 0.05) is 5.56 Å². The molecule has 1 aliphatic heterocycles. The standard InChI is InChI=1S/C34H34N2O6S/c1-5-39-27-18-17-25(19-28(27)40-6-2)31-30(33(38)41-7-3)22(4)35-34-36(31)32(37)29(43-34)20-24-15-11-12-16-26(24)42-21-23-13-9-8-10-14-23/h8-20,31H,5-7,21H2,1-4H3/b29-20-. The van der Waals surface area contributed by atoms with Crippen LogP contribution in [0.4, 0.5) is 0 Å². The minimum atomic E-state index is -0.767. The molecule has 5 rings (SSSR count). The Balaban J connectivity index is 1.63. The van der Waals surface area contributed by atoms with Crippen molar-refractivity contribution in [3.05, 3.63) is 120 Å². The molecule has 0 amide bonds. The molecule has 0 saturated carbocycles. The summed E-state index contributed by atoms with van der Waals surface area (Å²) in [7, 11) is 0. The van der Waals surface area contributed by atoms with Crippen LogP contribution in [0.3, 0.4) is 0 Å². The number of carbonyl (C=O) groups is 1. The summed E-state index contributed by atoms with van der Waals surface area (Å²) >= 11 is 1.27. The first kappa shape index (κ1) is 29.8. The number of benzene rings is 3. The van der Waals surface area contributed by atoms with Crippen LogP contribution in [0.5, 0.6) is 17.2 Å². The first-order chi connectivity index (χ1) is 20.9. The summed E-state index contributed by atoms with van der Waals surface area (Å²) in [5, 5.41) is 0. The number of ether oxygens (including phenoxy) is 4. The van der Waals surface area contributed by atoms with E-state index in [1.54, 1.807) is 24.5 Å². The van der Waals surface area contributed by atoms with Crippen molar-refractivity contribution >= 4 is 23.4 Å². The Kier molecular flexibility index (Phi) is 9.41. The molecule has 9 heteroatoms. The third-order valence-electron chi connectivity index (χ3n) is 6.84. The molecule has 1 aliphatic rings. The molecule has 1 atom stereocenters. The van der Waals surface area contributed by atoms with Crippen LogP contribution in [0.15, 0.2) is 93.9 Å². The summed E-state index contributed by atoms with van der Waals surface area (Å²) in [6.45, 7) is 8.80. The molecule has 0 aliphatic carbocycles. The highest BCUT2D eigenvalue weighted by Gasteiger charge is 2.34. The van der Waals surface area contributed by atoms with E-state index in [0.29, 0.717) is 63.2 Å². The van der Waals surface area contributed by atoms with Gasteiger partial charge in [-0.15, -0.1) is 0 Å². The van der Waals surface area contributed by atoms with E-state index < -0.39 is 12.0 Å². The van der Waals surface area contributed by atoms with Crippen molar-refractivity contribution in [2.45, 2.75) is 40.3 Å². The summed E-state index contributed by atoms with van der Waals surface area (Å²) in [4.78, 5) is 32.6. The van der Waals surface area contributed by atoms with E-state index in [-0.39, 0.29) is 12.2 Å². The van der Waals surface area contributed by atoms with Crippen molar-refractivity contribution in [1.29, 1.82) is 0 Å². The van der Waals surface area contributed by atoms with Crippen molar-refractivity contribution in [3.8, 4) is 17.2 Å². The van der Waals surface area contributed by atoms with Gasteiger partial charge in [0.15, 0.2) is 16.3 Å². The smallest absolute Gasteiger partial charge is 0.338 e. The average molecular weight is 599 g/mol. The Hall–Kier alpha value is -4.63. The van der Waals surface area contributed by atoms with Crippen LogP contribution in [0.2, 0.25) is 0 Å². The molecule has 0 spiro atoms. The van der Waals surface area contributed by atoms with Gasteiger partial charge in [-0.3, -0.25) is 9.36 Å². The van der Waals surface area contributed by atoms with E-state index >= 15 is 0 Å². The number of aromatic nitrogens is 1. The Morgan fingerprint density at radius 2 is 1.60 bits per heavy atom. The molecule has 43 heavy (non-hydrogen) atoms. The maximum Gasteiger partial charge on any atom is 0.338 e. The second-order valence-corrected chi connectivity index (χ2v) is 10.7. The van der Waals surface area contributed by atoms with Gasteiger partial charge in [-0.05, 0) is 63.1 Å². The number of allylic oxidation sites excluding steroid dienone is 1. The number of hydrogen-bond acceptors (Lipinski definition) is 8. The molecule has 0 N–H and O–H groups in total. The Morgan fingerprint density at radius 3 is 2.35 bits per heavy atom. The second-order valence-electron chi connectivity index (χ2n) is 9.69. The lowest BCUT2D eigenvalue weighted by Crippen LogP contribution is -2.40. The van der Waals surface area contributed by atoms with Gasteiger partial charge in [0.25, 0.3) is 5.56 Å². The third-order valence-corrected chi connectivity index (χ3v) is 7.83. The van der Waals surface area contributed by atoms with E-state index in [1.807, 2.05) is 86.7 Å². The van der Waals surface area contributed by atoms with E-state index in [9.17, 15) is 9.59 Å². The minimum absolute atomic E-state index is 0.194. The van der Waals surface area contributed by atoms with E-state index in [2.05, 4.69) is 4.99 Å². The summed E-state index contributed by atoms with van der Waals surface area (Å²) < 4.78 is 25.2. The van der Waals surface area contributed by atoms with Gasteiger partial charge in [-0.2, -0.15) is 0 Å². The summed E-state index contributed by atoms with van der Waals surface area (Å²) in [5.41, 5.74) is 3.02. The van der Waals surface area contributed by atoms with Crippen LogP contribution < -0.4 is 29.1 Å². The lowest BCUT2D eigenvalue weighted by molar-refractivity contribution is -0.139. The van der Waals surface area contributed by atoms with Crippen LogP contribution >= 0.6 is 11.3 Å². The lowest BCUT2D eigenvalue weighted by atomic mass is 9.95. The van der Waals surface area contributed by atoms with Crippen molar-refractivity contribution in [2.75, 3.05) is 19.8 Å². The van der Waals surface area contributed by atoms with Crippen LogP contribution in [-0.2, 0) is 16.1 Å². The van der Waals surface area contributed by atoms with Crippen LogP contribution in [0.25, 0.3) is 6.08 Å². The fourth-order valence-corrected chi connectivity index (χ4v) is 5.99. The maximum absolute atomic E-state index is 14.1. The summed E-state index contributed by atoms with van der Waals surface area (Å²) in [5.74, 6) is 1.26. The van der Waals surface area contributed by atoms with Gasteiger partial charge in [0.2, 0.25) is 0 Å². The zero-order chi connectivity index (χ0) is 30.3. The maximum atomic E-state index is 14.1. The molecule has 4 aromatic rings. The molecule has 8 nitrogen and oxygen atoms in total. The molecule has 1 aromatic heterocycles. The van der Waals surface area contributed by atoms with Crippen molar-refractivity contribution in [1.82, 2.24) is 4.57 Å². The molecule has 0 saturated heterocycles. The highest BCUT2D eigenvalue weighted by Crippen LogP contribution is 2.36. The zero-order valence-corrected chi connectivity index (χ0v) is 25.5. The normalized spacial score (nSPS) is 14.6. The molecular formula is C34H34N2O6S. The highest BCUT2D eigenvalue weighted by molar-refractivity contribution is 7.07. The van der Waals surface area contributed by atoms with Crippen molar-refractivity contribution < 1.29 is 23.7 Å². The van der Waals surface area contributed by atoms with Gasteiger partial charge in [0.05, 0.1) is 41.7 Å². The molecular weight excluding hydrogens is 564 g/mol. The van der Waals surface area contributed by atoms with Crippen molar-refractivity contribution in [3.63, 3.8) is 0 Å². The fourth-order valence-electron chi connectivity index (χ4n) is 4.95. The van der Waals surface area contributed by atoms with Crippen molar-refractivity contribution in [2.24, 2.45) is 4.99 Å².